The van der Waals surface area contributed by atoms with Gasteiger partial charge in [0.25, 0.3) is 0 Å². The highest BCUT2D eigenvalue weighted by Gasteiger charge is 2.05. The van der Waals surface area contributed by atoms with Crippen LogP contribution in [0.4, 0.5) is 0 Å². The number of nitrogens with zero attached hydrogens (tertiary/aromatic N) is 2. The molecule has 0 spiro atoms. The fraction of sp³-hybridized carbons (Fsp3) is 0.533. The van der Waals surface area contributed by atoms with Gasteiger partial charge in [-0.2, -0.15) is 0 Å². The number of hydrogen-bond donors (Lipinski definition) is 1. The van der Waals surface area contributed by atoms with Gasteiger partial charge in [-0.25, -0.2) is 0 Å². The van der Waals surface area contributed by atoms with E-state index in [1.807, 2.05) is 13.0 Å². The summed E-state index contributed by atoms with van der Waals surface area (Å²) >= 11 is 0. The third-order valence-corrected chi connectivity index (χ3v) is 2.66. The van der Waals surface area contributed by atoms with Gasteiger partial charge in [-0.1, -0.05) is 30.3 Å². The van der Waals surface area contributed by atoms with E-state index in [0.29, 0.717) is 13.2 Å². The van der Waals surface area contributed by atoms with Crippen molar-refractivity contribution in [1.29, 1.82) is 0 Å². The van der Waals surface area contributed by atoms with Crippen molar-refractivity contribution in [1.82, 2.24) is 10.2 Å². The Labute approximate surface area is 139 Å². The van der Waals surface area contributed by atoms with Crippen LogP contribution in [-0.4, -0.2) is 44.2 Å². The molecule has 1 N–H and O–H groups in total. The zero-order valence-corrected chi connectivity index (χ0v) is 15.0. The van der Waals surface area contributed by atoms with Gasteiger partial charge < -0.3 is 15.0 Å². The quantitative estimate of drug-likeness (QED) is 0.336. The van der Waals surface area contributed by atoms with E-state index in [1.165, 1.54) is 5.56 Å². The largest absolute Gasteiger partial charge is 0.380 e. The van der Waals surface area contributed by atoms with E-state index in [1.54, 1.807) is 0 Å². The normalized spacial score (nSPS) is 10.8. The molecule has 1 aromatic carbocycles. The number of aliphatic imine (C=N–C) groups is 1. The van der Waals surface area contributed by atoms with Gasteiger partial charge in [-0.05, 0) is 19.4 Å². The molecular formula is C15H26IN3O. The molecule has 0 fully saturated rings. The molecule has 0 bridgehead atoms. The Balaban J connectivity index is 0.00000361. The Kier molecular flexibility index (Phi) is 11.5. The average molecular weight is 391 g/mol. The maximum atomic E-state index is 5.31. The van der Waals surface area contributed by atoms with Gasteiger partial charge in [0, 0.05) is 26.7 Å². The third kappa shape index (κ3) is 7.69. The molecule has 20 heavy (non-hydrogen) atoms. The van der Waals surface area contributed by atoms with Crippen LogP contribution in [-0.2, 0) is 11.3 Å². The first-order chi connectivity index (χ1) is 9.27. The lowest BCUT2D eigenvalue weighted by Crippen LogP contribution is -2.38. The number of rotatable bonds is 7. The average Bonchev–Trinajstić information content (AvgIpc) is 2.43. The molecule has 0 aliphatic heterocycles. The first-order valence-electron chi connectivity index (χ1n) is 6.89. The predicted molar refractivity (Wildman–Crippen MR) is 95.8 cm³/mol. The molecule has 0 heterocycles. The molecule has 1 rings (SSSR count). The van der Waals surface area contributed by atoms with Gasteiger partial charge in [0.2, 0.25) is 0 Å². The van der Waals surface area contributed by atoms with Crippen LogP contribution in [0.15, 0.2) is 35.3 Å². The molecule has 5 heteroatoms. The standard InChI is InChI=1S/C15H25N3O.HI/c1-4-16-15(17-11-12-19-5-2)18(3)13-14-9-7-6-8-10-14;/h6-10H,4-5,11-13H2,1-3H3,(H,16,17);1H. The molecule has 0 aliphatic carbocycles. The number of hydrogen-bond acceptors (Lipinski definition) is 2. The Morgan fingerprint density at radius 2 is 1.95 bits per heavy atom. The minimum absolute atomic E-state index is 0. The van der Waals surface area contributed by atoms with Gasteiger partial charge in [0.1, 0.15) is 0 Å². The summed E-state index contributed by atoms with van der Waals surface area (Å²) in [5.74, 6) is 0.922. The Hall–Kier alpha value is -0.820. The SMILES string of the molecule is CCNC(=NCCOCC)N(C)Cc1ccccc1.I. The maximum Gasteiger partial charge on any atom is 0.194 e. The summed E-state index contributed by atoms with van der Waals surface area (Å²) in [6.07, 6.45) is 0. The van der Waals surface area contributed by atoms with Crippen molar-refractivity contribution >= 4 is 29.9 Å². The van der Waals surface area contributed by atoms with E-state index in [0.717, 1.165) is 25.7 Å². The molecule has 0 atom stereocenters. The van der Waals surface area contributed by atoms with Crippen molar-refractivity contribution in [2.24, 2.45) is 4.99 Å². The zero-order chi connectivity index (χ0) is 13.9. The van der Waals surface area contributed by atoms with Gasteiger partial charge in [-0.3, -0.25) is 4.99 Å². The van der Waals surface area contributed by atoms with Crippen LogP contribution in [0, 0.1) is 0 Å². The number of halogens is 1. The second-order valence-electron chi connectivity index (χ2n) is 4.27. The van der Waals surface area contributed by atoms with Crippen LogP contribution in [0.3, 0.4) is 0 Å². The molecule has 4 nitrogen and oxygen atoms in total. The summed E-state index contributed by atoms with van der Waals surface area (Å²) in [7, 11) is 2.05. The van der Waals surface area contributed by atoms with Gasteiger partial charge in [0.05, 0.1) is 13.2 Å². The van der Waals surface area contributed by atoms with Crippen LogP contribution in [0.2, 0.25) is 0 Å². The lowest BCUT2D eigenvalue weighted by molar-refractivity contribution is 0.155. The van der Waals surface area contributed by atoms with E-state index in [2.05, 4.69) is 53.4 Å². The molecule has 114 valence electrons. The highest BCUT2D eigenvalue weighted by atomic mass is 127. The van der Waals surface area contributed by atoms with Crippen molar-refractivity contribution in [3.8, 4) is 0 Å². The zero-order valence-electron chi connectivity index (χ0n) is 12.6. The lowest BCUT2D eigenvalue weighted by atomic mass is 10.2. The van der Waals surface area contributed by atoms with E-state index < -0.39 is 0 Å². The first kappa shape index (κ1) is 19.2. The van der Waals surface area contributed by atoms with Gasteiger partial charge in [-0.15, -0.1) is 24.0 Å². The minimum atomic E-state index is 0. The van der Waals surface area contributed by atoms with E-state index in [4.69, 9.17) is 4.74 Å². The van der Waals surface area contributed by atoms with Crippen LogP contribution >= 0.6 is 24.0 Å². The molecule has 1 aromatic rings. The maximum absolute atomic E-state index is 5.31. The molecule has 0 saturated heterocycles. The second kappa shape index (κ2) is 12.0. The summed E-state index contributed by atoms with van der Waals surface area (Å²) < 4.78 is 5.31. The Morgan fingerprint density at radius 1 is 1.25 bits per heavy atom. The topological polar surface area (TPSA) is 36.9 Å². The summed E-state index contributed by atoms with van der Waals surface area (Å²) in [6, 6.07) is 10.4. The highest BCUT2D eigenvalue weighted by Crippen LogP contribution is 2.02. The third-order valence-electron chi connectivity index (χ3n) is 2.66. The van der Waals surface area contributed by atoms with Crippen LogP contribution in [0.1, 0.15) is 19.4 Å². The van der Waals surface area contributed by atoms with Crippen LogP contribution in [0.25, 0.3) is 0 Å². The molecule has 0 amide bonds. The summed E-state index contributed by atoms with van der Waals surface area (Å²) in [4.78, 5) is 6.68. The van der Waals surface area contributed by atoms with E-state index in [9.17, 15) is 0 Å². The minimum Gasteiger partial charge on any atom is -0.380 e. The highest BCUT2D eigenvalue weighted by molar-refractivity contribution is 14.0. The van der Waals surface area contributed by atoms with Crippen LogP contribution in [0.5, 0.6) is 0 Å². The van der Waals surface area contributed by atoms with Crippen molar-refractivity contribution in [3.63, 3.8) is 0 Å². The summed E-state index contributed by atoms with van der Waals surface area (Å²) in [5, 5.41) is 3.30. The first-order valence-corrected chi connectivity index (χ1v) is 6.89. The molecule has 0 saturated carbocycles. The van der Waals surface area contributed by atoms with Gasteiger partial charge >= 0.3 is 0 Å². The predicted octanol–water partition coefficient (Wildman–Crippen LogP) is 2.74. The van der Waals surface area contributed by atoms with Crippen molar-refractivity contribution in [2.45, 2.75) is 20.4 Å². The lowest BCUT2D eigenvalue weighted by Gasteiger charge is -2.22. The van der Waals surface area contributed by atoms with Gasteiger partial charge in [0.15, 0.2) is 5.96 Å². The monoisotopic (exact) mass is 391 g/mol. The summed E-state index contributed by atoms with van der Waals surface area (Å²) in [5.41, 5.74) is 1.28. The molecule has 0 aliphatic rings. The van der Waals surface area contributed by atoms with Crippen molar-refractivity contribution in [2.75, 3.05) is 33.4 Å². The Bertz CT molecular complexity index is 371. The number of guanidine groups is 1. The number of ether oxygens (including phenoxy) is 1. The molecule has 0 unspecified atom stereocenters. The molecule has 0 aromatic heterocycles. The van der Waals surface area contributed by atoms with Crippen molar-refractivity contribution < 1.29 is 4.74 Å². The van der Waals surface area contributed by atoms with Crippen LogP contribution < -0.4 is 5.32 Å². The van der Waals surface area contributed by atoms with Crippen molar-refractivity contribution in [3.05, 3.63) is 35.9 Å². The summed E-state index contributed by atoms with van der Waals surface area (Å²) in [6.45, 7) is 7.89. The fourth-order valence-corrected chi connectivity index (χ4v) is 1.76. The second-order valence-corrected chi connectivity index (χ2v) is 4.27. The molecular weight excluding hydrogens is 365 g/mol. The fourth-order valence-electron chi connectivity index (χ4n) is 1.76. The number of benzene rings is 1. The number of nitrogens with one attached hydrogen (secondary N) is 1. The Morgan fingerprint density at radius 3 is 2.55 bits per heavy atom. The van der Waals surface area contributed by atoms with E-state index >= 15 is 0 Å². The van der Waals surface area contributed by atoms with E-state index in [-0.39, 0.29) is 24.0 Å². The molecule has 0 radical (unpaired) electrons. The smallest absolute Gasteiger partial charge is 0.194 e.